The SMILES string of the molecule is Cc1ccc(C(=O)NCC2(CO)CCCC2)cc1. The number of aliphatic hydroxyl groups excluding tert-OH is 1. The van der Waals surface area contributed by atoms with E-state index < -0.39 is 0 Å². The summed E-state index contributed by atoms with van der Waals surface area (Å²) in [4.78, 5) is 12.0. The van der Waals surface area contributed by atoms with Gasteiger partial charge in [-0.05, 0) is 31.9 Å². The summed E-state index contributed by atoms with van der Waals surface area (Å²) in [7, 11) is 0. The van der Waals surface area contributed by atoms with Crippen LogP contribution in [0.4, 0.5) is 0 Å². The molecule has 18 heavy (non-hydrogen) atoms. The van der Waals surface area contributed by atoms with Gasteiger partial charge in [0.2, 0.25) is 0 Å². The quantitative estimate of drug-likeness (QED) is 0.857. The van der Waals surface area contributed by atoms with Crippen molar-refractivity contribution in [3.63, 3.8) is 0 Å². The van der Waals surface area contributed by atoms with Crippen molar-refractivity contribution in [3.8, 4) is 0 Å². The molecule has 1 aliphatic rings. The van der Waals surface area contributed by atoms with Crippen molar-refractivity contribution in [1.29, 1.82) is 0 Å². The number of benzene rings is 1. The van der Waals surface area contributed by atoms with E-state index in [1.807, 2.05) is 31.2 Å². The van der Waals surface area contributed by atoms with Gasteiger partial charge in [0.05, 0.1) is 6.61 Å². The van der Waals surface area contributed by atoms with E-state index in [-0.39, 0.29) is 17.9 Å². The maximum atomic E-state index is 12.0. The first kappa shape index (κ1) is 13.1. The minimum atomic E-state index is -0.0830. The summed E-state index contributed by atoms with van der Waals surface area (Å²) in [5.74, 6) is -0.0466. The fourth-order valence-electron chi connectivity index (χ4n) is 2.59. The Morgan fingerprint density at radius 3 is 2.44 bits per heavy atom. The fourth-order valence-corrected chi connectivity index (χ4v) is 2.59. The summed E-state index contributed by atoms with van der Waals surface area (Å²) in [5, 5.41) is 12.4. The molecule has 0 spiro atoms. The van der Waals surface area contributed by atoms with Gasteiger partial charge in [0.1, 0.15) is 0 Å². The van der Waals surface area contributed by atoms with Crippen LogP contribution in [0.25, 0.3) is 0 Å². The van der Waals surface area contributed by atoms with Gasteiger partial charge in [0, 0.05) is 17.5 Å². The molecule has 98 valence electrons. The van der Waals surface area contributed by atoms with Gasteiger partial charge in [-0.25, -0.2) is 0 Å². The van der Waals surface area contributed by atoms with Crippen molar-refractivity contribution in [2.45, 2.75) is 32.6 Å². The first-order valence-electron chi connectivity index (χ1n) is 6.61. The molecule has 0 radical (unpaired) electrons. The first-order valence-corrected chi connectivity index (χ1v) is 6.61. The summed E-state index contributed by atoms with van der Waals surface area (Å²) >= 11 is 0. The van der Waals surface area contributed by atoms with Crippen LogP contribution in [0, 0.1) is 12.3 Å². The van der Waals surface area contributed by atoms with Gasteiger partial charge in [-0.3, -0.25) is 4.79 Å². The molecule has 1 amide bonds. The average Bonchev–Trinajstić information content (AvgIpc) is 2.86. The third-order valence-electron chi connectivity index (χ3n) is 3.94. The van der Waals surface area contributed by atoms with Gasteiger partial charge >= 0.3 is 0 Å². The van der Waals surface area contributed by atoms with Crippen LogP contribution in [0.1, 0.15) is 41.6 Å². The Bertz CT molecular complexity index is 405. The Hall–Kier alpha value is -1.35. The second-order valence-electron chi connectivity index (χ2n) is 5.41. The lowest BCUT2D eigenvalue weighted by molar-refractivity contribution is 0.0880. The van der Waals surface area contributed by atoms with E-state index in [1.54, 1.807) is 0 Å². The lowest BCUT2D eigenvalue weighted by Gasteiger charge is -2.26. The van der Waals surface area contributed by atoms with Crippen LogP contribution < -0.4 is 5.32 Å². The van der Waals surface area contributed by atoms with E-state index >= 15 is 0 Å². The van der Waals surface area contributed by atoms with Gasteiger partial charge in [-0.2, -0.15) is 0 Å². The first-order chi connectivity index (χ1) is 8.65. The van der Waals surface area contributed by atoms with Crippen molar-refractivity contribution in [2.24, 2.45) is 5.41 Å². The molecular formula is C15H21NO2. The van der Waals surface area contributed by atoms with Crippen LogP contribution >= 0.6 is 0 Å². The number of aliphatic hydroxyl groups is 1. The highest BCUT2D eigenvalue weighted by Crippen LogP contribution is 2.36. The summed E-state index contributed by atoms with van der Waals surface area (Å²) in [6.45, 7) is 2.75. The van der Waals surface area contributed by atoms with Gasteiger partial charge in [0.25, 0.3) is 5.91 Å². The lowest BCUT2D eigenvalue weighted by atomic mass is 9.87. The third-order valence-corrected chi connectivity index (χ3v) is 3.94. The van der Waals surface area contributed by atoms with Crippen molar-refractivity contribution in [3.05, 3.63) is 35.4 Å². The lowest BCUT2D eigenvalue weighted by Crippen LogP contribution is -2.38. The van der Waals surface area contributed by atoms with E-state index in [1.165, 1.54) is 0 Å². The third kappa shape index (κ3) is 2.91. The van der Waals surface area contributed by atoms with E-state index in [0.717, 1.165) is 31.2 Å². The number of carbonyl (C=O) groups excluding carboxylic acids is 1. The van der Waals surface area contributed by atoms with E-state index in [9.17, 15) is 9.90 Å². The Balaban J connectivity index is 1.93. The monoisotopic (exact) mass is 247 g/mol. The van der Waals surface area contributed by atoms with Crippen LogP contribution in [-0.2, 0) is 0 Å². The Kier molecular flexibility index (Phi) is 4.02. The number of carbonyl (C=O) groups is 1. The minimum absolute atomic E-state index is 0.0466. The highest BCUT2D eigenvalue weighted by molar-refractivity contribution is 5.94. The van der Waals surface area contributed by atoms with Crippen molar-refractivity contribution >= 4 is 5.91 Å². The molecule has 0 atom stereocenters. The number of hydrogen-bond acceptors (Lipinski definition) is 2. The number of rotatable bonds is 4. The van der Waals surface area contributed by atoms with Crippen molar-refractivity contribution < 1.29 is 9.90 Å². The number of nitrogens with one attached hydrogen (secondary N) is 1. The smallest absolute Gasteiger partial charge is 0.251 e. The second-order valence-corrected chi connectivity index (χ2v) is 5.41. The number of hydrogen-bond donors (Lipinski definition) is 2. The molecule has 3 nitrogen and oxygen atoms in total. The molecule has 1 fully saturated rings. The van der Waals surface area contributed by atoms with Crippen LogP contribution in [0.15, 0.2) is 24.3 Å². The zero-order valence-corrected chi connectivity index (χ0v) is 10.9. The van der Waals surface area contributed by atoms with E-state index in [0.29, 0.717) is 12.1 Å². The summed E-state index contributed by atoms with van der Waals surface area (Å²) in [6, 6.07) is 7.55. The molecule has 2 rings (SSSR count). The second kappa shape index (κ2) is 5.53. The molecule has 0 aromatic heterocycles. The Morgan fingerprint density at radius 2 is 1.89 bits per heavy atom. The molecular weight excluding hydrogens is 226 g/mol. The molecule has 1 aromatic carbocycles. The van der Waals surface area contributed by atoms with Crippen LogP contribution in [0.3, 0.4) is 0 Å². The predicted molar refractivity (Wildman–Crippen MR) is 71.5 cm³/mol. The summed E-state index contributed by atoms with van der Waals surface area (Å²) in [5.41, 5.74) is 1.75. The molecule has 0 unspecified atom stereocenters. The van der Waals surface area contributed by atoms with Crippen LogP contribution in [0.5, 0.6) is 0 Å². The van der Waals surface area contributed by atoms with E-state index in [2.05, 4.69) is 5.32 Å². The summed E-state index contributed by atoms with van der Waals surface area (Å²) in [6.07, 6.45) is 4.33. The van der Waals surface area contributed by atoms with Crippen molar-refractivity contribution in [2.75, 3.05) is 13.2 Å². The molecule has 0 heterocycles. The van der Waals surface area contributed by atoms with Gasteiger partial charge in [0.15, 0.2) is 0 Å². The maximum absolute atomic E-state index is 12.0. The van der Waals surface area contributed by atoms with Crippen LogP contribution in [0.2, 0.25) is 0 Å². The largest absolute Gasteiger partial charge is 0.396 e. The molecule has 1 saturated carbocycles. The zero-order chi connectivity index (χ0) is 13.0. The number of amides is 1. The van der Waals surface area contributed by atoms with E-state index in [4.69, 9.17) is 0 Å². The van der Waals surface area contributed by atoms with Crippen molar-refractivity contribution in [1.82, 2.24) is 5.32 Å². The molecule has 0 aliphatic heterocycles. The van der Waals surface area contributed by atoms with Crippen LogP contribution in [-0.4, -0.2) is 24.2 Å². The van der Waals surface area contributed by atoms with Gasteiger partial charge < -0.3 is 10.4 Å². The highest BCUT2D eigenvalue weighted by Gasteiger charge is 2.33. The minimum Gasteiger partial charge on any atom is -0.396 e. The fraction of sp³-hybridized carbons (Fsp3) is 0.533. The normalized spacial score (nSPS) is 17.7. The maximum Gasteiger partial charge on any atom is 0.251 e. The standard InChI is InChI=1S/C15H21NO2/c1-12-4-6-13(7-5-12)14(18)16-10-15(11-17)8-2-3-9-15/h4-7,17H,2-3,8-11H2,1H3,(H,16,18). The van der Waals surface area contributed by atoms with Gasteiger partial charge in [-0.15, -0.1) is 0 Å². The molecule has 0 saturated heterocycles. The highest BCUT2D eigenvalue weighted by atomic mass is 16.3. The molecule has 1 aromatic rings. The Morgan fingerprint density at radius 1 is 1.28 bits per heavy atom. The average molecular weight is 247 g/mol. The summed E-state index contributed by atoms with van der Waals surface area (Å²) < 4.78 is 0. The molecule has 1 aliphatic carbocycles. The molecule has 2 N–H and O–H groups in total. The van der Waals surface area contributed by atoms with Gasteiger partial charge in [-0.1, -0.05) is 30.5 Å². The predicted octanol–water partition coefficient (Wildman–Crippen LogP) is 2.28. The topological polar surface area (TPSA) is 49.3 Å². The zero-order valence-electron chi connectivity index (χ0n) is 10.9. The molecule has 0 bridgehead atoms. The molecule has 3 heteroatoms. The Labute approximate surface area is 108 Å². The number of aryl methyl sites for hydroxylation is 1.